The third-order valence-corrected chi connectivity index (χ3v) is 2.81. The van der Waals surface area contributed by atoms with Gasteiger partial charge in [0.25, 0.3) is 0 Å². The summed E-state index contributed by atoms with van der Waals surface area (Å²) in [5, 5.41) is 55.4. The van der Waals surface area contributed by atoms with Crippen molar-refractivity contribution in [2.75, 3.05) is 6.61 Å². The Morgan fingerprint density at radius 2 is 1.60 bits per heavy atom. The van der Waals surface area contributed by atoms with Crippen molar-refractivity contribution in [1.82, 2.24) is 0 Å². The summed E-state index contributed by atoms with van der Waals surface area (Å²) >= 11 is 0. The molecule has 0 aliphatic heterocycles. The van der Waals surface area contributed by atoms with Crippen LogP contribution in [0, 0.1) is 0 Å². The molecule has 1 unspecified atom stereocenters. The number of aliphatic hydroxyl groups excluding tert-OH is 6. The fourth-order valence-electron chi connectivity index (χ4n) is 1.49. The number of carbonyl (C=O) groups is 1. The molecular formula is C12H24O8. The zero-order chi connectivity index (χ0) is 15.7. The lowest BCUT2D eigenvalue weighted by atomic mass is 10.0. The van der Waals surface area contributed by atoms with Crippen LogP contribution in [0.5, 0.6) is 0 Å². The number of carbonyl (C=O) groups excluding carboxylic acids is 1. The minimum atomic E-state index is -2.03. The first kappa shape index (κ1) is 19.2. The molecule has 0 saturated heterocycles. The van der Waals surface area contributed by atoms with Gasteiger partial charge in [-0.3, -0.25) is 4.79 Å². The van der Waals surface area contributed by atoms with E-state index in [2.05, 4.69) is 4.74 Å². The third kappa shape index (κ3) is 6.60. The van der Waals surface area contributed by atoms with Crippen molar-refractivity contribution in [1.29, 1.82) is 0 Å². The maximum absolute atomic E-state index is 11.3. The molecule has 0 amide bonds. The molecule has 0 radical (unpaired) electrons. The molecule has 6 N–H and O–H groups in total. The predicted molar refractivity (Wildman–Crippen MR) is 67.4 cm³/mol. The van der Waals surface area contributed by atoms with Crippen molar-refractivity contribution in [3.8, 4) is 0 Å². The second-order valence-electron chi connectivity index (χ2n) is 4.56. The summed E-state index contributed by atoms with van der Waals surface area (Å²) in [5.74, 6) is -0.741. The van der Waals surface area contributed by atoms with Gasteiger partial charge in [0.1, 0.15) is 24.4 Å². The van der Waals surface area contributed by atoms with Crippen LogP contribution in [0.1, 0.15) is 32.6 Å². The molecule has 0 spiro atoms. The van der Waals surface area contributed by atoms with Gasteiger partial charge in [0, 0.05) is 6.42 Å². The van der Waals surface area contributed by atoms with Crippen molar-refractivity contribution >= 4 is 5.97 Å². The zero-order valence-corrected chi connectivity index (χ0v) is 11.4. The monoisotopic (exact) mass is 296 g/mol. The Morgan fingerprint density at radius 1 is 1.00 bits per heavy atom. The summed E-state index contributed by atoms with van der Waals surface area (Å²) in [5.41, 5.74) is 0. The number of hydrogen-bond acceptors (Lipinski definition) is 8. The molecule has 0 aromatic carbocycles. The Morgan fingerprint density at radius 3 is 2.10 bits per heavy atom. The Balaban J connectivity index is 4.25. The molecular weight excluding hydrogens is 272 g/mol. The van der Waals surface area contributed by atoms with E-state index in [9.17, 15) is 25.2 Å². The van der Waals surface area contributed by atoms with Gasteiger partial charge in [0.05, 0.1) is 6.61 Å². The van der Waals surface area contributed by atoms with Gasteiger partial charge < -0.3 is 35.4 Å². The molecule has 0 saturated carbocycles. The molecule has 0 aliphatic rings. The summed E-state index contributed by atoms with van der Waals surface area (Å²) in [6.45, 7) is 1.12. The van der Waals surface area contributed by atoms with E-state index in [0.29, 0.717) is 6.42 Å². The minimum Gasteiger partial charge on any atom is -0.433 e. The van der Waals surface area contributed by atoms with E-state index in [0.717, 1.165) is 12.8 Å². The van der Waals surface area contributed by atoms with Gasteiger partial charge in [-0.25, -0.2) is 0 Å². The van der Waals surface area contributed by atoms with Crippen LogP contribution >= 0.6 is 0 Å². The Labute approximate surface area is 117 Å². The van der Waals surface area contributed by atoms with E-state index in [-0.39, 0.29) is 6.42 Å². The SMILES string of the molecule is CCCCCC(=O)OC(O)[C@H](O)[C@H](O)[C@H](O)[C@@H](O)CO. The molecule has 8 nitrogen and oxygen atoms in total. The van der Waals surface area contributed by atoms with Crippen molar-refractivity contribution < 1.29 is 40.2 Å². The van der Waals surface area contributed by atoms with E-state index in [1.54, 1.807) is 0 Å². The summed E-state index contributed by atoms with van der Waals surface area (Å²) in [6.07, 6.45) is -7.21. The normalized spacial score (nSPS) is 18.9. The number of aliphatic hydroxyl groups is 6. The van der Waals surface area contributed by atoms with Crippen LogP contribution in [0.3, 0.4) is 0 Å². The second kappa shape index (κ2) is 10.0. The van der Waals surface area contributed by atoms with E-state index in [1.165, 1.54) is 0 Å². The van der Waals surface area contributed by atoms with Gasteiger partial charge in [-0.1, -0.05) is 19.8 Å². The number of hydrogen-bond donors (Lipinski definition) is 6. The van der Waals surface area contributed by atoms with Crippen LogP contribution in [0.15, 0.2) is 0 Å². The number of unbranched alkanes of at least 4 members (excludes halogenated alkanes) is 2. The molecule has 5 atom stereocenters. The minimum absolute atomic E-state index is 0.0650. The second-order valence-corrected chi connectivity index (χ2v) is 4.56. The van der Waals surface area contributed by atoms with Gasteiger partial charge in [-0.2, -0.15) is 0 Å². The molecule has 0 bridgehead atoms. The molecule has 0 rings (SSSR count). The van der Waals surface area contributed by atoms with Crippen LogP contribution in [-0.4, -0.2) is 73.9 Å². The van der Waals surface area contributed by atoms with Gasteiger partial charge in [-0.05, 0) is 6.42 Å². The average molecular weight is 296 g/mol. The van der Waals surface area contributed by atoms with Crippen LogP contribution in [0.25, 0.3) is 0 Å². The van der Waals surface area contributed by atoms with Crippen LogP contribution < -0.4 is 0 Å². The summed E-state index contributed by atoms with van der Waals surface area (Å²) in [7, 11) is 0. The Bertz CT molecular complexity index is 272. The first-order valence-electron chi connectivity index (χ1n) is 6.55. The van der Waals surface area contributed by atoms with Gasteiger partial charge in [0.2, 0.25) is 6.29 Å². The van der Waals surface area contributed by atoms with Crippen molar-refractivity contribution in [3.63, 3.8) is 0 Å². The lowest BCUT2D eigenvalue weighted by molar-refractivity contribution is -0.213. The maximum atomic E-state index is 11.3. The van der Waals surface area contributed by atoms with E-state index in [4.69, 9.17) is 10.2 Å². The van der Waals surface area contributed by atoms with Crippen molar-refractivity contribution in [3.05, 3.63) is 0 Å². The van der Waals surface area contributed by atoms with Gasteiger partial charge in [-0.15, -0.1) is 0 Å². The lowest BCUT2D eigenvalue weighted by Gasteiger charge is -2.28. The highest BCUT2D eigenvalue weighted by atomic mass is 16.6. The molecule has 8 heteroatoms. The van der Waals surface area contributed by atoms with Gasteiger partial charge >= 0.3 is 5.97 Å². The molecule has 0 heterocycles. The van der Waals surface area contributed by atoms with Crippen LogP contribution in [0.4, 0.5) is 0 Å². The van der Waals surface area contributed by atoms with Gasteiger partial charge in [0.15, 0.2) is 0 Å². The van der Waals surface area contributed by atoms with Crippen molar-refractivity contribution in [2.45, 2.75) is 63.3 Å². The highest BCUT2D eigenvalue weighted by Gasteiger charge is 2.35. The predicted octanol–water partition coefficient (Wildman–Crippen LogP) is -2.14. The number of esters is 1. The highest BCUT2D eigenvalue weighted by molar-refractivity contribution is 5.69. The Kier molecular flexibility index (Phi) is 9.64. The average Bonchev–Trinajstić information content (AvgIpc) is 2.44. The molecule has 0 aromatic rings. The fraction of sp³-hybridized carbons (Fsp3) is 0.917. The van der Waals surface area contributed by atoms with E-state index in [1.807, 2.05) is 6.92 Å². The third-order valence-electron chi connectivity index (χ3n) is 2.81. The number of ether oxygens (including phenoxy) is 1. The number of rotatable bonds is 10. The maximum Gasteiger partial charge on any atom is 0.308 e. The standard InChI is InChI=1S/C12H24O8/c1-2-3-4-5-8(15)20-12(19)11(18)10(17)9(16)7(14)6-13/h7,9-14,16-19H,2-6H2,1H3/t7-,9+,10+,11+,12?/m0/s1. The molecule has 0 aromatic heterocycles. The Hall–Kier alpha value is -0.770. The smallest absolute Gasteiger partial charge is 0.308 e. The highest BCUT2D eigenvalue weighted by Crippen LogP contribution is 2.11. The molecule has 0 fully saturated rings. The summed E-state index contributed by atoms with van der Waals surface area (Å²) < 4.78 is 4.49. The zero-order valence-electron chi connectivity index (χ0n) is 11.4. The van der Waals surface area contributed by atoms with E-state index < -0.39 is 43.3 Å². The largest absolute Gasteiger partial charge is 0.433 e. The molecule has 0 aliphatic carbocycles. The lowest BCUT2D eigenvalue weighted by Crippen LogP contribution is -2.50. The van der Waals surface area contributed by atoms with E-state index >= 15 is 0 Å². The molecule has 20 heavy (non-hydrogen) atoms. The van der Waals surface area contributed by atoms with Crippen LogP contribution in [0.2, 0.25) is 0 Å². The van der Waals surface area contributed by atoms with Crippen molar-refractivity contribution in [2.24, 2.45) is 0 Å². The van der Waals surface area contributed by atoms with Crippen LogP contribution in [-0.2, 0) is 9.53 Å². The first-order valence-corrected chi connectivity index (χ1v) is 6.55. The summed E-state index contributed by atoms with van der Waals surface area (Å²) in [4.78, 5) is 11.3. The first-order chi connectivity index (χ1) is 9.34. The molecule has 120 valence electrons. The summed E-state index contributed by atoms with van der Waals surface area (Å²) in [6, 6.07) is 0. The topological polar surface area (TPSA) is 148 Å². The fourth-order valence-corrected chi connectivity index (χ4v) is 1.49. The quantitative estimate of drug-likeness (QED) is 0.152.